The molecule has 1 aromatic carbocycles. The van der Waals surface area contributed by atoms with Crippen molar-refractivity contribution in [3.63, 3.8) is 0 Å². The Balaban J connectivity index is 2.57. The van der Waals surface area contributed by atoms with Crippen LogP contribution in [0, 0.1) is 0 Å². The van der Waals surface area contributed by atoms with Crippen molar-refractivity contribution in [2.24, 2.45) is 0 Å². The van der Waals surface area contributed by atoms with Gasteiger partial charge in [-0.2, -0.15) is 0 Å². The van der Waals surface area contributed by atoms with E-state index in [0.717, 1.165) is 0 Å². The Labute approximate surface area is 111 Å². The molecule has 0 atom stereocenters. The predicted molar refractivity (Wildman–Crippen MR) is 72.9 cm³/mol. The van der Waals surface area contributed by atoms with Gasteiger partial charge in [0.25, 0.3) is 5.91 Å². The number of para-hydroxylation sites is 1. The summed E-state index contributed by atoms with van der Waals surface area (Å²) >= 11 is 4.98. The van der Waals surface area contributed by atoms with Crippen LogP contribution in [-0.2, 0) is 4.74 Å². The predicted octanol–water partition coefficient (Wildman–Crippen LogP) is 0.946. The first-order valence-electron chi connectivity index (χ1n) is 5.40. The molecule has 98 valence electrons. The minimum Gasteiger partial charge on any atom is -0.496 e. The maximum atomic E-state index is 11.9. The van der Waals surface area contributed by atoms with E-state index in [2.05, 4.69) is 10.6 Å². The third kappa shape index (κ3) is 4.31. The van der Waals surface area contributed by atoms with Crippen LogP contribution in [0.2, 0.25) is 0 Å². The van der Waals surface area contributed by atoms with Crippen molar-refractivity contribution in [1.82, 2.24) is 10.6 Å². The first kappa shape index (κ1) is 14.4. The SMILES string of the molecule is COCCNC(=S)NC(=O)c1ccccc1OC. The summed E-state index contributed by atoms with van der Waals surface area (Å²) in [6.07, 6.45) is 0. The van der Waals surface area contributed by atoms with Crippen molar-refractivity contribution in [2.75, 3.05) is 27.4 Å². The second kappa shape index (κ2) is 7.62. The summed E-state index contributed by atoms with van der Waals surface area (Å²) < 4.78 is 9.97. The maximum Gasteiger partial charge on any atom is 0.261 e. The molecule has 0 saturated carbocycles. The molecule has 0 aliphatic carbocycles. The fourth-order valence-electron chi connectivity index (χ4n) is 1.31. The first-order valence-corrected chi connectivity index (χ1v) is 5.81. The third-order valence-corrected chi connectivity index (χ3v) is 2.42. The summed E-state index contributed by atoms with van der Waals surface area (Å²) in [5.74, 6) is 0.206. The van der Waals surface area contributed by atoms with Gasteiger partial charge in [0.1, 0.15) is 5.75 Å². The van der Waals surface area contributed by atoms with E-state index in [0.29, 0.717) is 24.5 Å². The molecule has 5 nitrogen and oxygen atoms in total. The monoisotopic (exact) mass is 268 g/mol. The number of carbonyl (C=O) groups excluding carboxylic acids is 1. The minimum absolute atomic E-state index is 0.267. The number of ether oxygens (including phenoxy) is 2. The van der Waals surface area contributed by atoms with Gasteiger partial charge in [-0.1, -0.05) is 12.1 Å². The van der Waals surface area contributed by atoms with E-state index in [-0.39, 0.29) is 11.0 Å². The van der Waals surface area contributed by atoms with Crippen molar-refractivity contribution in [3.05, 3.63) is 29.8 Å². The number of rotatable bonds is 5. The number of methoxy groups -OCH3 is 2. The van der Waals surface area contributed by atoms with Gasteiger partial charge in [0.05, 0.1) is 19.3 Å². The lowest BCUT2D eigenvalue weighted by Gasteiger charge is -2.11. The van der Waals surface area contributed by atoms with Crippen LogP contribution in [-0.4, -0.2) is 38.4 Å². The van der Waals surface area contributed by atoms with Crippen LogP contribution in [0.4, 0.5) is 0 Å². The summed E-state index contributed by atoms with van der Waals surface area (Å²) in [5.41, 5.74) is 0.441. The Bertz CT molecular complexity index is 424. The van der Waals surface area contributed by atoms with Gasteiger partial charge < -0.3 is 14.8 Å². The van der Waals surface area contributed by atoms with Gasteiger partial charge in [-0.05, 0) is 24.4 Å². The topological polar surface area (TPSA) is 59.6 Å². The summed E-state index contributed by atoms with van der Waals surface area (Å²) in [6.45, 7) is 1.06. The molecular weight excluding hydrogens is 252 g/mol. The molecule has 0 saturated heterocycles. The zero-order chi connectivity index (χ0) is 13.4. The van der Waals surface area contributed by atoms with Gasteiger partial charge in [-0.25, -0.2) is 0 Å². The molecule has 2 N–H and O–H groups in total. The van der Waals surface area contributed by atoms with Gasteiger partial charge in [0.2, 0.25) is 0 Å². The van der Waals surface area contributed by atoms with Crippen LogP contribution in [0.3, 0.4) is 0 Å². The number of carbonyl (C=O) groups is 1. The fourth-order valence-corrected chi connectivity index (χ4v) is 1.51. The molecule has 0 radical (unpaired) electrons. The zero-order valence-electron chi connectivity index (χ0n) is 10.4. The van der Waals surface area contributed by atoms with Gasteiger partial charge in [-0.15, -0.1) is 0 Å². The van der Waals surface area contributed by atoms with E-state index in [1.54, 1.807) is 31.4 Å². The molecule has 0 unspecified atom stereocenters. The Hall–Kier alpha value is -1.66. The third-order valence-electron chi connectivity index (χ3n) is 2.17. The molecule has 1 aromatic rings. The van der Waals surface area contributed by atoms with Crippen LogP contribution in [0.15, 0.2) is 24.3 Å². The number of hydrogen-bond donors (Lipinski definition) is 2. The number of thiocarbonyl (C=S) groups is 1. The molecule has 18 heavy (non-hydrogen) atoms. The molecule has 0 aliphatic heterocycles. The van der Waals surface area contributed by atoms with Crippen molar-refractivity contribution in [2.45, 2.75) is 0 Å². The van der Waals surface area contributed by atoms with Crippen LogP contribution in [0.25, 0.3) is 0 Å². The van der Waals surface area contributed by atoms with E-state index < -0.39 is 0 Å². The average Bonchev–Trinajstić information content (AvgIpc) is 2.39. The number of nitrogens with one attached hydrogen (secondary N) is 2. The van der Waals surface area contributed by atoms with Crippen molar-refractivity contribution in [1.29, 1.82) is 0 Å². The number of hydrogen-bond acceptors (Lipinski definition) is 4. The molecule has 0 aliphatic rings. The standard InChI is InChI=1S/C12H16N2O3S/c1-16-8-7-13-12(18)14-11(15)9-5-3-4-6-10(9)17-2/h3-6H,7-8H2,1-2H3,(H2,13,14,15,18). The Morgan fingerprint density at radius 1 is 1.33 bits per heavy atom. The molecule has 0 bridgehead atoms. The molecule has 0 fully saturated rings. The lowest BCUT2D eigenvalue weighted by molar-refractivity contribution is 0.0973. The van der Waals surface area contributed by atoms with E-state index in [4.69, 9.17) is 21.7 Å². The zero-order valence-corrected chi connectivity index (χ0v) is 11.2. The first-order chi connectivity index (χ1) is 8.69. The van der Waals surface area contributed by atoms with Gasteiger partial charge in [0, 0.05) is 13.7 Å². The van der Waals surface area contributed by atoms with Crippen molar-refractivity contribution in [3.8, 4) is 5.75 Å². The molecule has 1 rings (SSSR count). The largest absolute Gasteiger partial charge is 0.496 e. The van der Waals surface area contributed by atoms with Crippen molar-refractivity contribution < 1.29 is 14.3 Å². The molecule has 0 aromatic heterocycles. The minimum atomic E-state index is -0.303. The molecule has 6 heteroatoms. The van der Waals surface area contributed by atoms with E-state index in [1.165, 1.54) is 7.11 Å². The number of benzene rings is 1. The molecule has 0 heterocycles. The summed E-state index contributed by atoms with van der Waals surface area (Å²) in [4.78, 5) is 11.9. The normalized spacial score (nSPS) is 9.67. The highest BCUT2D eigenvalue weighted by atomic mass is 32.1. The Morgan fingerprint density at radius 3 is 2.72 bits per heavy atom. The van der Waals surface area contributed by atoms with Gasteiger partial charge in [-0.3, -0.25) is 10.1 Å². The van der Waals surface area contributed by atoms with E-state index in [9.17, 15) is 4.79 Å². The van der Waals surface area contributed by atoms with Crippen LogP contribution >= 0.6 is 12.2 Å². The average molecular weight is 268 g/mol. The Kier molecular flexibility index (Phi) is 6.10. The van der Waals surface area contributed by atoms with Gasteiger partial charge >= 0.3 is 0 Å². The Morgan fingerprint density at radius 2 is 2.06 bits per heavy atom. The van der Waals surface area contributed by atoms with E-state index in [1.807, 2.05) is 0 Å². The lowest BCUT2D eigenvalue weighted by atomic mass is 10.2. The van der Waals surface area contributed by atoms with Crippen LogP contribution < -0.4 is 15.4 Å². The maximum absolute atomic E-state index is 11.9. The second-order valence-corrected chi connectivity index (χ2v) is 3.81. The van der Waals surface area contributed by atoms with Gasteiger partial charge in [0.15, 0.2) is 5.11 Å². The summed E-state index contributed by atoms with van der Waals surface area (Å²) in [5, 5.41) is 5.70. The quantitative estimate of drug-likeness (QED) is 0.615. The highest BCUT2D eigenvalue weighted by molar-refractivity contribution is 7.80. The molecular formula is C12H16N2O3S. The van der Waals surface area contributed by atoms with Crippen molar-refractivity contribution >= 4 is 23.2 Å². The highest BCUT2D eigenvalue weighted by Gasteiger charge is 2.12. The summed E-state index contributed by atoms with van der Waals surface area (Å²) in [7, 11) is 3.11. The molecule has 1 amide bonds. The highest BCUT2D eigenvalue weighted by Crippen LogP contribution is 2.16. The van der Waals surface area contributed by atoms with Crippen LogP contribution in [0.1, 0.15) is 10.4 Å². The van der Waals surface area contributed by atoms with Crippen LogP contribution in [0.5, 0.6) is 5.75 Å². The molecule has 0 spiro atoms. The lowest BCUT2D eigenvalue weighted by Crippen LogP contribution is -2.40. The van der Waals surface area contributed by atoms with E-state index >= 15 is 0 Å². The smallest absolute Gasteiger partial charge is 0.261 e. The summed E-state index contributed by atoms with van der Waals surface area (Å²) in [6, 6.07) is 6.95. The second-order valence-electron chi connectivity index (χ2n) is 3.40. The number of amides is 1. The fraction of sp³-hybridized carbons (Fsp3) is 0.333.